The standard InChI is InChI=1S/C17H16F3NO2/c1-12-6-5-7-13(10-12)15(22)21-11-16(23,17(18,19)20)14-8-3-2-4-9-14/h2-10,23H,11H2,1H3,(H,21,22)/t16-/m0/s1. The molecule has 2 N–H and O–H groups in total. The van der Waals surface area contributed by atoms with Gasteiger partial charge in [-0.15, -0.1) is 0 Å². The van der Waals surface area contributed by atoms with Crippen molar-refractivity contribution in [3.8, 4) is 0 Å². The summed E-state index contributed by atoms with van der Waals surface area (Å²) in [7, 11) is 0. The van der Waals surface area contributed by atoms with Crippen LogP contribution in [0.15, 0.2) is 54.6 Å². The van der Waals surface area contributed by atoms with Crippen LogP contribution in [0.5, 0.6) is 0 Å². The van der Waals surface area contributed by atoms with E-state index in [1.54, 1.807) is 31.2 Å². The molecule has 2 aromatic rings. The molecule has 1 amide bonds. The second-order valence-corrected chi connectivity index (χ2v) is 5.28. The Morgan fingerprint density at radius 3 is 2.30 bits per heavy atom. The lowest BCUT2D eigenvalue weighted by Crippen LogP contribution is -2.51. The highest BCUT2D eigenvalue weighted by molar-refractivity contribution is 5.94. The molecule has 0 saturated heterocycles. The van der Waals surface area contributed by atoms with E-state index in [1.165, 1.54) is 30.3 Å². The third kappa shape index (κ3) is 3.71. The largest absolute Gasteiger partial charge is 0.423 e. The number of amides is 1. The molecule has 0 unspecified atom stereocenters. The Balaban J connectivity index is 2.22. The van der Waals surface area contributed by atoms with Gasteiger partial charge >= 0.3 is 6.18 Å². The van der Waals surface area contributed by atoms with Crippen molar-refractivity contribution in [3.63, 3.8) is 0 Å². The molecule has 0 aliphatic heterocycles. The molecule has 2 aromatic carbocycles. The molecule has 0 spiro atoms. The van der Waals surface area contributed by atoms with Crippen LogP contribution in [0.1, 0.15) is 21.5 Å². The van der Waals surface area contributed by atoms with Crippen LogP contribution in [0.4, 0.5) is 13.2 Å². The van der Waals surface area contributed by atoms with Crippen LogP contribution in [0.25, 0.3) is 0 Å². The third-order valence-electron chi connectivity index (χ3n) is 3.51. The Labute approximate surface area is 131 Å². The van der Waals surface area contributed by atoms with Crippen molar-refractivity contribution >= 4 is 5.91 Å². The number of alkyl halides is 3. The number of hydrogen-bond donors (Lipinski definition) is 2. The summed E-state index contributed by atoms with van der Waals surface area (Å²) < 4.78 is 39.9. The van der Waals surface area contributed by atoms with Gasteiger partial charge in [-0.05, 0) is 24.6 Å². The zero-order chi connectivity index (χ0) is 17.1. The van der Waals surface area contributed by atoms with Gasteiger partial charge in [-0.3, -0.25) is 4.79 Å². The summed E-state index contributed by atoms with van der Waals surface area (Å²) in [4.78, 5) is 12.0. The predicted octanol–water partition coefficient (Wildman–Crippen LogP) is 3.17. The summed E-state index contributed by atoms with van der Waals surface area (Å²) in [5.74, 6) is -0.674. The van der Waals surface area contributed by atoms with Gasteiger partial charge in [-0.2, -0.15) is 13.2 Å². The molecule has 0 aliphatic carbocycles. The Morgan fingerprint density at radius 2 is 1.74 bits per heavy atom. The van der Waals surface area contributed by atoms with Crippen molar-refractivity contribution < 1.29 is 23.1 Å². The first kappa shape index (κ1) is 17.0. The molecule has 122 valence electrons. The fraction of sp³-hybridized carbons (Fsp3) is 0.235. The van der Waals surface area contributed by atoms with E-state index in [-0.39, 0.29) is 11.1 Å². The maximum absolute atomic E-state index is 13.3. The normalized spacial score (nSPS) is 14.1. The molecule has 23 heavy (non-hydrogen) atoms. The van der Waals surface area contributed by atoms with E-state index < -0.39 is 24.2 Å². The van der Waals surface area contributed by atoms with Gasteiger partial charge in [0.2, 0.25) is 5.60 Å². The van der Waals surface area contributed by atoms with Gasteiger partial charge < -0.3 is 10.4 Å². The number of halogens is 3. The SMILES string of the molecule is Cc1cccc(C(=O)NC[C@](O)(c2ccccc2)C(F)(F)F)c1. The molecular formula is C17H16F3NO2. The summed E-state index contributed by atoms with van der Waals surface area (Å²) in [6.45, 7) is 0.806. The van der Waals surface area contributed by atoms with Crippen molar-refractivity contribution in [3.05, 3.63) is 71.3 Å². The Morgan fingerprint density at radius 1 is 1.09 bits per heavy atom. The summed E-state index contributed by atoms with van der Waals surface area (Å²) >= 11 is 0. The van der Waals surface area contributed by atoms with Gasteiger partial charge in [-0.25, -0.2) is 0 Å². The first-order valence-corrected chi connectivity index (χ1v) is 6.93. The van der Waals surface area contributed by atoms with Crippen molar-refractivity contribution in [1.29, 1.82) is 0 Å². The number of hydrogen-bond acceptors (Lipinski definition) is 2. The number of carbonyl (C=O) groups is 1. The van der Waals surface area contributed by atoms with Gasteiger partial charge in [0.25, 0.3) is 5.91 Å². The number of nitrogens with one attached hydrogen (secondary N) is 1. The maximum atomic E-state index is 13.3. The zero-order valence-electron chi connectivity index (χ0n) is 12.4. The van der Waals surface area contributed by atoms with Gasteiger partial charge in [0.05, 0.1) is 6.54 Å². The second-order valence-electron chi connectivity index (χ2n) is 5.28. The smallest absolute Gasteiger partial charge is 0.375 e. The van der Waals surface area contributed by atoms with Gasteiger partial charge in [0.15, 0.2) is 0 Å². The predicted molar refractivity (Wildman–Crippen MR) is 79.9 cm³/mol. The molecule has 0 bridgehead atoms. The molecule has 0 heterocycles. The average molecular weight is 323 g/mol. The molecule has 0 aromatic heterocycles. The molecule has 6 heteroatoms. The van der Waals surface area contributed by atoms with Crippen LogP contribution < -0.4 is 5.32 Å². The minimum Gasteiger partial charge on any atom is -0.375 e. The van der Waals surface area contributed by atoms with Crippen LogP contribution in [0.3, 0.4) is 0 Å². The fourth-order valence-electron chi connectivity index (χ4n) is 2.18. The zero-order valence-corrected chi connectivity index (χ0v) is 12.4. The molecule has 0 saturated carbocycles. The van der Waals surface area contributed by atoms with Crippen LogP contribution in [0, 0.1) is 6.92 Å². The summed E-state index contributed by atoms with van der Waals surface area (Å²) in [6, 6.07) is 13.2. The van der Waals surface area contributed by atoms with Crippen molar-refractivity contribution in [1.82, 2.24) is 5.32 Å². The summed E-state index contributed by atoms with van der Waals surface area (Å²) in [5, 5.41) is 12.3. The topological polar surface area (TPSA) is 49.3 Å². The van der Waals surface area contributed by atoms with Crippen LogP contribution >= 0.6 is 0 Å². The summed E-state index contributed by atoms with van der Waals surface area (Å²) in [5.41, 5.74) is -2.42. The first-order chi connectivity index (χ1) is 10.7. The molecule has 0 fully saturated rings. The highest BCUT2D eigenvalue weighted by atomic mass is 19.4. The second kappa shape index (κ2) is 6.42. The van der Waals surface area contributed by atoms with Crippen LogP contribution in [-0.4, -0.2) is 23.7 Å². The van der Waals surface area contributed by atoms with E-state index in [9.17, 15) is 23.1 Å². The van der Waals surface area contributed by atoms with E-state index >= 15 is 0 Å². The number of carbonyl (C=O) groups excluding carboxylic acids is 1. The minimum atomic E-state index is -4.92. The fourth-order valence-corrected chi connectivity index (χ4v) is 2.18. The van der Waals surface area contributed by atoms with Crippen LogP contribution in [0.2, 0.25) is 0 Å². The van der Waals surface area contributed by atoms with E-state index in [0.29, 0.717) is 0 Å². The molecular weight excluding hydrogens is 307 g/mol. The third-order valence-corrected chi connectivity index (χ3v) is 3.51. The first-order valence-electron chi connectivity index (χ1n) is 6.93. The number of aryl methyl sites for hydroxylation is 1. The quantitative estimate of drug-likeness (QED) is 0.908. The lowest BCUT2D eigenvalue weighted by atomic mass is 9.93. The molecule has 0 radical (unpaired) electrons. The van der Waals surface area contributed by atoms with Crippen molar-refractivity contribution in [2.45, 2.75) is 18.7 Å². The molecule has 1 atom stereocenters. The van der Waals surface area contributed by atoms with Crippen LogP contribution in [-0.2, 0) is 5.60 Å². The lowest BCUT2D eigenvalue weighted by Gasteiger charge is -2.31. The number of aliphatic hydroxyl groups is 1. The highest BCUT2D eigenvalue weighted by Crippen LogP contribution is 2.38. The Bertz CT molecular complexity index is 686. The molecule has 2 rings (SSSR count). The molecule has 3 nitrogen and oxygen atoms in total. The van der Waals surface area contributed by atoms with Crippen molar-refractivity contribution in [2.75, 3.05) is 6.54 Å². The maximum Gasteiger partial charge on any atom is 0.423 e. The van der Waals surface area contributed by atoms with Crippen molar-refractivity contribution in [2.24, 2.45) is 0 Å². The van der Waals surface area contributed by atoms with E-state index in [4.69, 9.17) is 0 Å². The van der Waals surface area contributed by atoms with Gasteiger partial charge in [0.1, 0.15) is 0 Å². The summed E-state index contributed by atoms with van der Waals surface area (Å²) in [6.07, 6.45) is -4.92. The Hall–Kier alpha value is -2.34. The lowest BCUT2D eigenvalue weighted by molar-refractivity contribution is -0.263. The van der Waals surface area contributed by atoms with E-state index in [0.717, 1.165) is 5.56 Å². The number of benzene rings is 2. The van der Waals surface area contributed by atoms with Gasteiger partial charge in [0, 0.05) is 5.56 Å². The molecule has 0 aliphatic rings. The Kier molecular flexibility index (Phi) is 4.75. The van der Waals surface area contributed by atoms with E-state index in [1.807, 2.05) is 0 Å². The van der Waals surface area contributed by atoms with Gasteiger partial charge in [-0.1, -0.05) is 48.0 Å². The average Bonchev–Trinajstić information content (AvgIpc) is 2.52. The minimum absolute atomic E-state index is 0.239. The van der Waals surface area contributed by atoms with E-state index in [2.05, 4.69) is 5.32 Å². The monoisotopic (exact) mass is 323 g/mol. The number of rotatable bonds is 4. The highest BCUT2D eigenvalue weighted by Gasteiger charge is 2.55.